The largest absolute Gasteiger partial charge is 0.314 e. The highest BCUT2D eigenvalue weighted by Crippen LogP contribution is 2.40. The molecular weight excluding hydrogens is 238 g/mol. The van der Waals surface area contributed by atoms with Crippen LogP contribution in [0.2, 0.25) is 0 Å². The van der Waals surface area contributed by atoms with Crippen molar-refractivity contribution in [3.63, 3.8) is 0 Å². The number of nitrogens with one attached hydrogen (secondary N) is 1. The lowest BCUT2D eigenvalue weighted by Gasteiger charge is -2.05. The van der Waals surface area contributed by atoms with Crippen molar-refractivity contribution >= 4 is 23.1 Å². The first kappa shape index (κ1) is 12.3. The summed E-state index contributed by atoms with van der Waals surface area (Å²) in [7, 11) is 0. The van der Waals surface area contributed by atoms with Crippen LogP contribution in [0.4, 0.5) is 0 Å². The first-order chi connectivity index (χ1) is 7.75. The molecule has 1 atom stereocenters. The molecule has 1 N–H and O–H groups in total. The molecule has 1 fully saturated rings. The fourth-order valence-electron chi connectivity index (χ4n) is 1.74. The van der Waals surface area contributed by atoms with E-state index in [1.807, 2.05) is 11.8 Å². The van der Waals surface area contributed by atoms with Gasteiger partial charge in [-0.25, -0.2) is 0 Å². The van der Waals surface area contributed by atoms with Crippen LogP contribution in [0.25, 0.3) is 0 Å². The van der Waals surface area contributed by atoms with Crippen molar-refractivity contribution in [3.05, 3.63) is 10.0 Å². The van der Waals surface area contributed by atoms with E-state index in [1.165, 1.54) is 28.6 Å². The molecule has 1 aliphatic heterocycles. The van der Waals surface area contributed by atoms with Crippen molar-refractivity contribution in [1.82, 2.24) is 15.5 Å². The fraction of sp³-hybridized carbons (Fsp3) is 0.818. The Morgan fingerprint density at radius 1 is 1.44 bits per heavy atom. The average molecular weight is 257 g/mol. The third-order valence-electron chi connectivity index (χ3n) is 2.58. The maximum Gasteiger partial charge on any atom is 0.130 e. The maximum atomic E-state index is 4.32. The molecule has 1 aromatic rings. The zero-order chi connectivity index (χ0) is 11.4. The first-order valence-electron chi connectivity index (χ1n) is 5.93. The Morgan fingerprint density at radius 3 is 3.00 bits per heavy atom. The molecule has 0 amide bonds. The lowest BCUT2D eigenvalue weighted by Crippen LogP contribution is -2.24. The lowest BCUT2D eigenvalue weighted by molar-refractivity contribution is 0.588. The van der Waals surface area contributed by atoms with Crippen LogP contribution < -0.4 is 5.32 Å². The average Bonchev–Trinajstić information content (AvgIpc) is 2.85. The van der Waals surface area contributed by atoms with Gasteiger partial charge < -0.3 is 5.32 Å². The van der Waals surface area contributed by atoms with E-state index in [2.05, 4.69) is 29.4 Å². The summed E-state index contributed by atoms with van der Waals surface area (Å²) in [5, 5.41) is 15.0. The van der Waals surface area contributed by atoms with E-state index in [4.69, 9.17) is 0 Å². The molecule has 1 unspecified atom stereocenters. The van der Waals surface area contributed by atoms with Gasteiger partial charge in [0.2, 0.25) is 0 Å². The second-order valence-electron chi connectivity index (χ2n) is 4.39. The van der Waals surface area contributed by atoms with Crippen LogP contribution in [0.3, 0.4) is 0 Å². The molecule has 2 heterocycles. The van der Waals surface area contributed by atoms with Crippen LogP contribution >= 0.6 is 23.1 Å². The van der Waals surface area contributed by atoms with Crippen molar-refractivity contribution in [2.45, 2.75) is 44.4 Å². The van der Waals surface area contributed by atoms with Crippen molar-refractivity contribution in [1.29, 1.82) is 0 Å². The maximum absolute atomic E-state index is 4.32. The Kier molecular flexibility index (Phi) is 4.61. The zero-order valence-electron chi connectivity index (χ0n) is 9.90. The second kappa shape index (κ2) is 5.98. The predicted molar refractivity (Wildman–Crippen MR) is 71.2 cm³/mol. The number of hydrogen-bond acceptors (Lipinski definition) is 5. The quantitative estimate of drug-likeness (QED) is 0.880. The van der Waals surface area contributed by atoms with Crippen LogP contribution in [0.1, 0.15) is 42.0 Å². The third kappa shape index (κ3) is 3.43. The molecule has 90 valence electrons. The summed E-state index contributed by atoms with van der Waals surface area (Å²) < 4.78 is 0. The Balaban J connectivity index is 1.82. The van der Waals surface area contributed by atoms with Gasteiger partial charge in [-0.1, -0.05) is 13.8 Å². The molecule has 0 bridgehead atoms. The van der Waals surface area contributed by atoms with Gasteiger partial charge in [-0.15, -0.1) is 21.5 Å². The van der Waals surface area contributed by atoms with Gasteiger partial charge in [0.05, 0.1) is 5.25 Å². The second-order valence-corrected chi connectivity index (χ2v) is 6.80. The van der Waals surface area contributed by atoms with Gasteiger partial charge in [0.15, 0.2) is 0 Å². The van der Waals surface area contributed by atoms with Crippen molar-refractivity contribution in [2.75, 3.05) is 12.3 Å². The van der Waals surface area contributed by atoms with E-state index in [0.717, 1.165) is 13.0 Å². The van der Waals surface area contributed by atoms with Gasteiger partial charge >= 0.3 is 0 Å². The van der Waals surface area contributed by atoms with Crippen LogP contribution in [-0.4, -0.2) is 28.5 Å². The van der Waals surface area contributed by atoms with Crippen LogP contribution in [-0.2, 0) is 6.42 Å². The molecule has 0 saturated carbocycles. The molecule has 1 aromatic heterocycles. The molecule has 3 nitrogen and oxygen atoms in total. The molecule has 0 aliphatic carbocycles. The summed E-state index contributed by atoms with van der Waals surface area (Å²) in [6, 6.07) is 0.553. The summed E-state index contributed by atoms with van der Waals surface area (Å²) >= 11 is 3.83. The SMILES string of the molecule is CC(C)NCCc1nnc(C2CCCS2)s1. The number of nitrogens with zero attached hydrogens (tertiary/aromatic N) is 2. The van der Waals surface area contributed by atoms with Crippen molar-refractivity contribution in [3.8, 4) is 0 Å². The Hall–Kier alpha value is -0.130. The minimum Gasteiger partial charge on any atom is -0.314 e. The van der Waals surface area contributed by atoms with Crippen molar-refractivity contribution < 1.29 is 0 Å². The summed E-state index contributed by atoms with van der Waals surface area (Å²) in [6.07, 6.45) is 3.62. The Labute approximate surface area is 105 Å². The van der Waals surface area contributed by atoms with E-state index in [1.54, 1.807) is 11.3 Å². The molecule has 1 aliphatic rings. The Bertz CT molecular complexity index is 319. The molecule has 16 heavy (non-hydrogen) atoms. The van der Waals surface area contributed by atoms with Gasteiger partial charge in [0.1, 0.15) is 10.0 Å². The number of hydrogen-bond donors (Lipinski definition) is 1. The van der Waals surface area contributed by atoms with Crippen LogP contribution in [0.15, 0.2) is 0 Å². The predicted octanol–water partition coefficient (Wildman–Crippen LogP) is 2.65. The molecule has 1 saturated heterocycles. The topological polar surface area (TPSA) is 37.8 Å². The summed E-state index contributed by atoms with van der Waals surface area (Å²) in [5.41, 5.74) is 0. The third-order valence-corrected chi connectivity index (χ3v) is 5.21. The highest BCUT2D eigenvalue weighted by molar-refractivity contribution is 7.99. The molecule has 0 spiro atoms. The van der Waals surface area contributed by atoms with E-state index in [0.29, 0.717) is 11.3 Å². The standard InChI is InChI=1S/C11H19N3S2/c1-8(2)12-6-5-10-13-14-11(16-10)9-4-3-7-15-9/h8-9,12H,3-7H2,1-2H3. The van der Waals surface area contributed by atoms with Gasteiger partial charge in [-0.2, -0.15) is 11.8 Å². The highest BCUT2D eigenvalue weighted by atomic mass is 32.2. The van der Waals surface area contributed by atoms with Crippen molar-refractivity contribution in [2.24, 2.45) is 0 Å². The summed E-state index contributed by atoms with van der Waals surface area (Å²) in [6.45, 7) is 5.34. The van der Waals surface area contributed by atoms with E-state index in [9.17, 15) is 0 Å². The van der Waals surface area contributed by atoms with Gasteiger partial charge in [-0.05, 0) is 18.6 Å². The highest BCUT2D eigenvalue weighted by Gasteiger charge is 2.21. The van der Waals surface area contributed by atoms with Crippen LogP contribution in [0, 0.1) is 0 Å². The number of rotatable bonds is 5. The Morgan fingerprint density at radius 2 is 2.31 bits per heavy atom. The number of aromatic nitrogens is 2. The van der Waals surface area contributed by atoms with E-state index in [-0.39, 0.29) is 0 Å². The zero-order valence-corrected chi connectivity index (χ0v) is 11.5. The summed E-state index contributed by atoms with van der Waals surface area (Å²) in [5.74, 6) is 1.29. The van der Waals surface area contributed by atoms with Crippen LogP contribution in [0.5, 0.6) is 0 Å². The molecular formula is C11H19N3S2. The lowest BCUT2D eigenvalue weighted by atomic mass is 10.3. The smallest absolute Gasteiger partial charge is 0.130 e. The summed E-state index contributed by atoms with van der Waals surface area (Å²) in [4.78, 5) is 0. The van der Waals surface area contributed by atoms with Gasteiger partial charge in [-0.3, -0.25) is 0 Å². The molecule has 0 aromatic carbocycles. The molecule has 5 heteroatoms. The first-order valence-corrected chi connectivity index (χ1v) is 7.79. The molecule has 0 radical (unpaired) electrons. The normalized spacial score (nSPS) is 20.8. The monoisotopic (exact) mass is 257 g/mol. The molecule has 2 rings (SSSR count). The van der Waals surface area contributed by atoms with Gasteiger partial charge in [0, 0.05) is 19.0 Å². The number of thioether (sulfide) groups is 1. The minimum atomic E-state index is 0.553. The van der Waals surface area contributed by atoms with Gasteiger partial charge in [0.25, 0.3) is 0 Å². The van der Waals surface area contributed by atoms with E-state index < -0.39 is 0 Å². The fourth-order valence-corrected chi connectivity index (χ4v) is 4.09. The minimum absolute atomic E-state index is 0.553. The van der Waals surface area contributed by atoms with E-state index >= 15 is 0 Å².